The molecule has 0 aromatic carbocycles. The molecule has 22 heavy (non-hydrogen) atoms. The van der Waals surface area contributed by atoms with Gasteiger partial charge in [-0.3, -0.25) is 4.79 Å². The molecule has 1 saturated heterocycles. The van der Waals surface area contributed by atoms with Crippen LogP contribution in [0.25, 0.3) is 0 Å². The van der Waals surface area contributed by atoms with Gasteiger partial charge in [-0.1, -0.05) is 0 Å². The Hall–Kier alpha value is -1.47. The number of nitrogens with zero attached hydrogens (tertiary/aromatic N) is 2. The molecule has 0 radical (unpaired) electrons. The minimum atomic E-state index is -4.84. The Kier molecular flexibility index (Phi) is 4.32. The third kappa shape index (κ3) is 4.27. The average molecular weight is 322 g/mol. The molecule has 2 aliphatic rings. The van der Waals surface area contributed by atoms with Crippen molar-refractivity contribution in [3.63, 3.8) is 0 Å². The fraction of sp³-hybridized carbons (Fsp3) is 0.857. The van der Waals surface area contributed by atoms with Gasteiger partial charge in [0.1, 0.15) is 5.60 Å². The first-order valence-corrected chi connectivity index (χ1v) is 7.33. The number of rotatable bonds is 3. The van der Waals surface area contributed by atoms with Crippen molar-refractivity contribution in [1.29, 1.82) is 0 Å². The van der Waals surface area contributed by atoms with Crippen LogP contribution in [0, 0.1) is 5.92 Å². The van der Waals surface area contributed by atoms with Gasteiger partial charge in [0.05, 0.1) is 0 Å². The minimum absolute atomic E-state index is 0.0440. The fourth-order valence-corrected chi connectivity index (χ4v) is 2.39. The van der Waals surface area contributed by atoms with Crippen LogP contribution in [0.3, 0.4) is 0 Å². The monoisotopic (exact) mass is 322 g/mol. The Morgan fingerprint density at radius 3 is 2.14 bits per heavy atom. The van der Waals surface area contributed by atoms with Crippen molar-refractivity contribution in [2.75, 3.05) is 19.6 Å². The standard InChI is InChI=1S/C14H21F3N2O3/c1-13(2,3)22-12(21)18-6-9(7-18)8-19(10-4-5-10)11(20)14(15,16)17/h9-10H,4-8H2,1-3H3. The van der Waals surface area contributed by atoms with Gasteiger partial charge < -0.3 is 14.5 Å². The van der Waals surface area contributed by atoms with E-state index in [0.29, 0.717) is 25.9 Å². The number of amides is 2. The molecule has 0 spiro atoms. The molecular weight excluding hydrogens is 301 g/mol. The van der Waals surface area contributed by atoms with Crippen molar-refractivity contribution >= 4 is 12.0 Å². The molecule has 2 amide bonds. The number of hydrogen-bond acceptors (Lipinski definition) is 3. The lowest BCUT2D eigenvalue weighted by Crippen LogP contribution is -2.56. The Balaban J connectivity index is 1.83. The van der Waals surface area contributed by atoms with Gasteiger partial charge in [-0.15, -0.1) is 0 Å². The lowest BCUT2D eigenvalue weighted by atomic mass is 10.00. The summed E-state index contributed by atoms with van der Waals surface area (Å²) in [7, 11) is 0. The molecule has 0 N–H and O–H groups in total. The second kappa shape index (κ2) is 5.62. The number of hydrogen-bond donors (Lipinski definition) is 0. The van der Waals surface area contributed by atoms with Crippen LogP contribution in [0.4, 0.5) is 18.0 Å². The maximum Gasteiger partial charge on any atom is 0.471 e. The molecular formula is C14H21F3N2O3. The van der Waals surface area contributed by atoms with Gasteiger partial charge in [0, 0.05) is 31.6 Å². The van der Waals surface area contributed by atoms with Gasteiger partial charge in [0.25, 0.3) is 0 Å². The Morgan fingerprint density at radius 1 is 1.18 bits per heavy atom. The largest absolute Gasteiger partial charge is 0.471 e. The molecule has 0 unspecified atom stereocenters. The normalized spacial score (nSPS) is 19.6. The highest BCUT2D eigenvalue weighted by Crippen LogP contribution is 2.33. The highest BCUT2D eigenvalue weighted by molar-refractivity contribution is 5.82. The van der Waals surface area contributed by atoms with E-state index >= 15 is 0 Å². The number of halogens is 3. The first kappa shape index (κ1) is 16.9. The quantitative estimate of drug-likeness (QED) is 0.802. The lowest BCUT2D eigenvalue weighted by Gasteiger charge is -2.42. The fourth-order valence-electron chi connectivity index (χ4n) is 2.39. The summed E-state index contributed by atoms with van der Waals surface area (Å²) < 4.78 is 42.9. The van der Waals surface area contributed by atoms with Crippen molar-refractivity contribution in [2.24, 2.45) is 5.92 Å². The lowest BCUT2D eigenvalue weighted by molar-refractivity contribution is -0.187. The molecule has 2 fully saturated rings. The molecule has 0 bridgehead atoms. The van der Waals surface area contributed by atoms with Gasteiger partial charge in [-0.05, 0) is 33.6 Å². The maximum atomic E-state index is 12.6. The molecule has 2 rings (SSSR count). The highest BCUT2D eigenvalue weighted by Gasteiger charge is 2.48. The molecule has 0 aromatic rings. The predicted octanol–water partition coefficient (Wildman–Crippen LogP) is 2.41. The average Bonchev–Trinajstić information content (AvgIpc) is 3.06. The van der Waals surface area contributed by atoms with E-state index in [2.05, 4.69) is 0 Å². The van der Waals surface area contributed by atoms with Crippen molar-refractivity contribution in [3.8, 4) is 0 Å². The van der Waals surface area contributed by atoms with E-state index in [1.165, 1.54) is 4.90 Å². The summed E-state index contributed by atoms with van der Waals surface area (Å²) in [5.41, 5.74) is -0.603. The third-order valence-corrected chi connectivity index (χ3v) is 3.55. The van der Waals surface area contributed by atoms with E-state index in [0.717, 1.165) is 4.90 Å². The first-order valence-electron chi connectivity index (χ1n) is 7.33. The molecule has 8 heteroatoms. The first-order chi connectivity index (χ1) is 9.97. The predicted molar refractivity (Wildman–Crippen MR) is 72.1 cm³/mol. The molecule has 1 aliphatic carbocycles. The smallest absolute Gasteiger partial charge is 0.444 e. The molecule has 1 heterocycles. The summed E-state index contributed by atoms with van der Waals surface area (Å²) in [5.74, 6) is -1.90. The van der Waals surface area contributed by atoms with Crippen LogP contribution in [-0.2, 0) is 9.53 Å². The van der Waals surface area contributed by atoms with Gasteiger partial charge in [0.2, 0.25) is 0 Å². The number of alkyl halides is 3. The third-order valence-electron chi connectivity index (χ3n) is 3.55. The van der Waals surface area contributed by atoms with Crippen LogP contribution >= 0.6 is 0 Å². The van der Waals surface area contributed by atoms with Crippen molar-refractivity contribution in [1.82, 2.24) is 9.80 Å². The Morgan fingerprint density at radius 2 is 1.73 bits per heavy atom. The van der Waals surface area contributed by atoms with E-state index in [1.54, 1.807) is 20.8 Å². The zero-order chi connectivity index (χ0) is 16.7. The van der Waals surface area contributed by atoms with E-state index in [9.17, 15) is 22.8 Å². The minimum Gasteiger partial charge on any atom is -0.444 e. The van der Waals surface area contributed by atoms with Crippen LogP contribution in [0.15, 0.2) is 0 Å². The van der Waals surface area contributed by atoms with Gasteiger partial charge in [-0.25, -0.2) is 4.79 Å². The maximum absolute atomic E-state index is 12.6. The molecule has 1 saturated carbocycles. The Labute approximate surface area is 127 Å². The molecule has 1 aliphatic heterocycles. The number of carbonyl (C=O) groups is 2. The zero-order valence-corrected chi connectivity index (χ0v) is 12.9. The summed E-state index contributed by atoms with van der Waals surface area (Å²) in [5, 5.41) is 0. The van der Waals surface area contributed by atoms with Gasteiger partial charge in [0.15, 0.2) is 0 Å². The second-order valence-electron chi connectivity index (χ2n) is 6.94. The highest BCUT2D eigenvalue weighted by atomic mass is 19.4. The summed E-state index contributed by atoms with van der Waals surface area (Å²) in [6.07, 6.45) is -4.07. The number of likely N-dealkylation sites (tertiary alicyclic amines) is 1. The SMILES string of the molecule is CC(C)(C)OC(=O)N1CC(CN(C(=O)C(F)(F)F)C2CC2)C1. The molecule has 5 nitrogen and oxygen atoms in total. The summed E-state index contributed by atoms with van der Waals surface area (Å²) in [6, 6.07) is -0.301. The zero-order valence-electron chi connectivity index (χ0n) is 12.9. The van der Waals surface area contributed by atoms with Crippen molar-refractivity contribution in [3.05, 3.63) is 0 Å². The summed E-state index contributed by atoms with van der Waals surface area (Å²) in [6.45, 7) is 5.94. The van der Waals surface area contributed by atoms with Crippen LogP contribution in [0.2, 0.25) is 0 Å². The number of ether oxygens (including phenoxy) is 1. The van der Waals surface area contributed by atoms with Crippen molar-refractivity contribution in [2.45, 2.75) is 51.4 Å². The molecule has 0 aromatic heterocycles. The van der Waals surface area contributed by atoms with Crippen molar-refractivity contribution < 1.29 is 27.5 Å². The topological polar surface area (TPSA) is 49.9 Å². The van der Waals surface area contributed by atoms with Gasteiger partial charge >= 0.3 is 18.2 Å². The van der Waals surface area contributed by atoms with Crippen LogP contribution in [0.5, 0.6) is 0 Å². The van der Waals surface area contributed by atoms with E-state index in [-0.39, 0.29) is 18.5 Å². The molecule has 0 atom stereocenters. The van der Waals surface area contributed by atoms with Crippen LogP contribution in [0.1, 0.15) is 33.6 Å². The van der Waals surface area contributed by atoms with E-state index < -0.39 is 23.8 Å². The van der Waals surface area contributed by atoms with Crippen LogP contribution < -0.4 is 0 Å². The van der Waals surface area contributed by atoms with E-state index in [4.69, 9.17) is 4.74 Å². The summed E-state index contributed by atoms with van der Waals surface area (Å²) >= 11 is 0. The Bertz CT molecular complexity index is 449. The second-order valence-corrected chi connectivity index (χ2v) is 6.94. The van der Waals surface area contributed by atoms with E-state index in [1.807, 2.05) is 0 Å². The molecule has 126 valence electrons. The van der Waals surface area contributed by atoms with Crippen LogP contribution in [-0.4, -0.2) is 59.3 Å². The summed E-state index contributed by atoms with van der Waals surface area (Å²) in [4.78, 5) is 25.5. The van der Waals surface area contributed by atoms with Gasteiger partial charge in [-0.2, -0.15) is 13.2 Å². The number of carbonyl (C=O) groups excluding carboxylic acids is 2.